The Kier molecular flexibility index (Phi) is 3.81. The Morgan fingerprint density at radius 1 is 0.556 bits per heavy atom. The van der Waals surface area contributed by atoms with Crippen LogP contribution in [0.15, 0.2) is 91.0 Å². The summed E-state index contributed by atoms with van der Waals surface area (Å²) in [5.41, 5.74) is 2.38. The Morgan fingerprint density at radius 3 is 2.04 bits per heavy atom. The van der Waals surface area contributed by atoms with Gasteiger partial charge in [0.15, 0.2) is 0 Å². The molecule has 5 aromatic rings. The molecule has 2 nitrogen and oxygen atoms in total. The molecule has 0 atom stereocenters. The molecule has 0 fully saturated rings. The van der Waals surface area contributed by atoms with Gasteiger partial charge in [0.2, 0.25) is 0 Å². The first-order valence-corrected chi connectivity index (χ1v) is 8.91. The third kappa shape index (κ3) is 2.73. The van der Waals surface area contributed by atoms with Crippen molar-refractivity contribution in [1.82, 2.24) is 0 Å². The summed E-state index contributed by atoms with van der Waals surface area (Å²) in [4.78, 5) is 0. The lowest BCUT2D eigenvalue weighted by atomic mass is 9.95. The molecule has 1 radical (unpaired) electrons. The zero-order valence-electron chi connectivity index (χ0n) is 14.6. The Morgan fingerprint density at radius 2 is 1.22 bits per heavy atom. The fraction of sp³-hybridized carbons (Fsp3) is 0. The van der Waals surface area contributed by atoms with Gasteiger partial charge in [-0.1, -0.05) is 72.8 Å². The summed E-state index contributed by atoms with van der Waals surface area (Å²) in [6.45, 7) is 0. The molecular formula is C24H16BO2. The first kappa shape index (κ1) is 15.9. The van der Waals surface area contributed by atoms with Crippen molar-refractivity contribution in [2.75, 3.05) is 0 Å². The Balaban J connectivity index is 1.74. The van der Waals surface area contributed by atoms with Crippen molar-refractivity contribution < 1.29 is 9.68 Å². The van der Waals surface area contributed by atoms with E-state index in [0.717, 1.165) is 23.8 Å². The maximum Gasteiger partial charge on any atom is 0.569 e. The smallest absolute Gasteiger partial charge is 0.537 e. The molecule has 0 amide bonds. The highest BCUT2D eigenvalue weighted by atomic mass is 16.5. The highest BCUT2D eigenvalue weighted by Crippen LogP contribution is 2.36. The lowest BCUT2D eigenvalue weighted by molar-refractivity contribution is 0.457. The van der Waals surface area contributed by atoms with E-state index in [0.29, 0.717) is 5.75 Å². The van der Waals surface area contributed by atoms with Crippen molar-refractivity contribution in [1.29, 1.82) is 0 Å². The topological polar surface area (TPSA) is 29.5 Å². The van der Waals surface area contributed by atoms with Crippen LogP contribution < -0.4 is 4.65 Å². The monoisotopic (exact) mass is 347 g/mol. The summed E-state index contributed by atoms with van der Waals surface area (Å²) >= 11 is 0. The average Bonchev–Trinajstić information content (AvgIpc) is 2.73. The quantitative estimate of drug-likeness (QED) is 0.334. The van der Waals surface area contributed by atoms with E-state index in [-0.39, 0.29) is 0 Å². The van der Waals surface area contributed by atoms with Gasteiger partial charge in [-0.25, -0.2) is 0 Å². The Labute approximate surface area is 157 Å². The van der Waals surface area contributed by atoms with Crippen molar-refractivity contribution in [2.45, 2.75) is 0 Å². The van der Waals surface area contributed by atoms with Crippen molar-refractivity contribution in [3.05, 3.63) is 91.0 Å². The van der Waals surface area contributed by atoms with E-state index in [2.05, 4.69) is 66.7 Å². The SMILES string of the molecule is O[B]Oc1cc2ccc(-c3ccc4ccccc4c3)cc2c2ccccc12. The summed E-state index contributed by atoms with van der Waals surface area (Å²) in [6, 6.07) is 31.5. The predicted molar refractivity (Wildman–Crippen MR) is 113 cm³/mol. The fourth-order valence-corrected chi connectivity index (χ4v) is 3.77. The van der Waals surface area contributed by atoms with Gasteiger partial charge in [0.25, 0.3) is 0 Å². The summed E-state index contributed by atoms with van der Waals surface area (Å²) < 4.78 is 5.32. The minimum atomic E-state index is 0.652. The molecule has 0 bridgehead atoms. The summed E-state index contributed by atoms with van der Waals surface area (Å²) in [7, 11) is 0.733. The van der Waals surface area contributed by atoms with Crippen LogP contribution in [0.2, 0.25) is 0 Å². The van der Waals surface area contributed by atoms with E-state index < -0.39 is 0 Å². The molecule has 0 aliphatic heterocycles. The first-order chi connectivity index (χ1) is 13.3. The normalized spacial score (nSPS) is 11.1. The molecule has 5 aromatic carbocycles. The molecule has 1 N–H and O–H groups in total. The third-order valence-corrected chi connectivity index (χ3v) is 5.09. The molecule has 0 unspecified atom stereocenters. The number of hydrogen-bond acceptors (Lipinski definition) is 2. The standard InChI is InChI=1S/C24H16BO2/c26-25-27-24-15-20-12-11-19(14-23(20)21-7-3-4-8-22(21)24)18-10-9-16-5-1-2-6-17(16)13-18/h1-15,26H. The molecular weight excluding hydrogens is 331 g/mol. The van der Waals surface area contributed by atoms with E-state index in [9.17, 15) is 0 Å². The van der Waals surface area contributed by atoms with Gasteiger partial charge in [-0.15, -0.1) is 0 Å². The first-order valence-electron chi connectivity index (χ1n) is 8.91. The minimum absolute atomic E-state index is 0.652. The molecule has 0 aliphatic carbocycles. The van der Waals surface area contributed by atoms with Gasteiger partial charge >= 0.3 is 7.69 Å². The molecule has 27 heavy (non-hydrogen) atoms. The molecule has 0 aliphatic rings. The molecule has 0 spiro atoms. The maximum atomic E-state index is 9.08. The zero-order chi connectivity index (χ0) is 18.2. The summed E-state index contributed by atoms with van der Waals surface area (Å²) in [5.74, 6) is 0.652. The van der Waals surface area contributed by atoms with E-state index in [4.69, 9.17) is 9.68 Å². The largest absolute Gasteiger partial charge is 0.569 e. The number of hydrogen-bond donors (Lipinski definition) is 1. The maximum absolute atomic E-state index is 9.08. The molecule has 5 rings (SSSR count). The van der Waals surface area contributed by atoms with Crippen molar-refractivity contribution in [2.24, 2.45) is 0 Å². The predicted octanol–water partition coefficient (Wildman–Crippen LogP) is 5.72. The van der Waals surface area contributed by atoms with E-state index in [1.165, 1.54) is 27.3 Å². The van der Waals surface area contributed by atoms with Gasteiger partial charge in [0, 0.05) is 5.39 Å². The van der Waals surface area contributed by atoms with Crippen LogP contribution >= 0.6 is 0 Å². The van der Waals surface area contributed by atoms with Gasteiger partial charge in [-0.2, -0.15) is 0 Å². The fourth-order valence-electron chi connectivity index (χ4n) is 3.77. The van der Waals surface area contributed by atoms with Crippen molar-refractivity contribution >= 4 is 40.0 Å². The molecule has 127 valence electrons. The van der Waals surface area contributed by atoms with Crippen molar-refractivity contribution in [3.8, 4) is 16.9 Å². The molecule has 0 saturated heterocycles. The average molecular weight is 347 g/mol. The second-order valence-electron chi connectivity index (χ2n) is 6.64. The van der Waals surface area contributed by atoms with Crippen molar-refractivity contribution in [3.63, 3.8) is 0 Å². The van der Waals surface area contributed by atoms with Crippen LogP contribution in [0.4, 0.5) is 0 Å². The van der Waals surface area contributed by atoms with E-state index in [1.807, 2.05) is 24.3 Å². The highest BCUT2D eigenvalue weighted by molar-refractivity contribution is 6.19. The van der Waals surface area contributed by atoms with Gasteiger partial charge < -0.3 is 9.68 Å². The van der Waals surface area contributed by atoms with Gasteiger partial charge in [-0.05, 0) is 56.3 Å². The Bertz CT molecular complexity index is 1290. The summed E-state index contributed by atoms with van der Waals surface area (Å²) in [5, 5.41) is 15.9. The van der Waals surface area contributed by atoms with Crippen LogP contribution in [0.25, 0.3) is 43.4 Å². The number of fused-ring (bicyclic) bond motifs is 4. The van der Waals surface area contributed by atoms with Gasteiger partial charge in [-0.3, -0.25) is 0 Å². The summed E-state index contributed by atoms with van der Waals surface area (Å²) in [6.07, 6.45) is 0. The van der Waals surface area contributed by atoms with Crippen LogP contribution in [0.3, 0.4) is 0 Å². The molecule has 3 heteroatoms. The van der Waals surface area contributed by atoms with Crippen LogP contribution in [-0.2, 0) is 0 Å². The highest BCUT2D eigenvalue weighted by Gasteiger charge is 2.09. The van der Waals surface area contributed by atoms with Crippen LogP contribution in [-0.4, -0.2) is 12.7 Å². The lowest BCUT2D eigenvalue weighted by Crippen LogP contribution is -2.00. The van der Waals surface area contributed by atoms with Crippen LogP contribution in [0.1, 0.15) is 0 Å². The zero-order valence-corrected chi connectivity index (χ0v) is 14.6. The van der Waals surface area contributed by atoms with E-state index in [1.54, 1.807) is 0 Å². The molecule has 0 aromatic heterocycles. The van der Waals surface area contributed by atoms with E-state index >= 15 is 0 Å². The van der Waals surface area contributed by atoms with Crippen LogP contribution in [0.5, 0.6) is 5.75 Å². The van der Waals surface area contributed by atoms with Gasteiger partial charge in [0.1, 0.15) is 5.75 Å². The second-order valence-corrected chi connectivity index (χ2v) is 6.64. The second kappa shape index (κ2) is 6.46. The molecule has 0 saturated carbocycles. The number of benzene rings is 5. The third-order valence-electron chi connectivity index (χ3n) is 5.09. The Hall–Kier alpha value is -3.30. The lowest BCUT2D eigenvalue weighted by Gasteiger charge is -2.12. The minimum Gasteiger partial charge on any atom is -0.537 e. The number of rotatable bonds is 3. The van der Waals surface area contributed by atoms with Crippen LogP contribution in [0, 0.1) is 0 Å². The van der Waals surface area contributed by atoms with Gasteiger partial charge in [0.05, 0.1) is 0 Å². The molecule has 0 heterocycles.